The Bertz CT molecular complexity index is 1470. The van der Waals surface area contributed by atoms with Crippen LogP contribution in [0.5, 0.6) is 0 Å². The lowest BCUT2D eigenvalue weighted by Gasteiger charge is -2.27. The Kier molecular flexibility index (Phi) is 7.80. The summed E-state index contributed by atoms with van der Waals surface area (Å²) in [6.07, 6.45) is 6.76. The number of amides is 2. The summed E-state index contributed by atoms with van der Waals surface area (Å²) in [6, 6.07) is 4.94. The van der Waals surface area contributed by atoms with Gasteiger partial charge in [0.15, 0.2) is 15.6 Å². The molecule has 0 bridgehead atoms. The number of fused-ring (bicyclic) bond motifs is 3. The second-order valence-electron chi connectivity index (χ2n) is 9.78. The number of nitrogens with one attached hydrogen (secondary N) is 4. The van der Waals surface area contributed by atoms with E-state index in [0.29, 0.717) is 73.2 Å². The predicted molar refractivity (Wildman–Crippen MR) is 149 cm³/mol. The van der Waals surface area contributed by atoms with Crippen molar-refractivity contribution in [2.45, 2.75) is 13.3 Å². The van der Waals surface area contributed by atoms with Crippen LogP contribution in [0.15, 0.2) is 47.9 Å². The molecule has 1 saturated heterocycles. The van der Waals surface area contributed by atoms with E-state index in [1.807, 2.05) is 24.3 Å². The highest BCUT2D eigenvalue weighted by molar-refractivity contribution is 7.95. The number of nitrogens with zero attached hydrogens (tertiary/aromatic N) is 2. The van der Waals surface area contributed by atoms with E-state index in [1.165, 1.54) is 6.92 Å². The summed E-state index contributed by atoms with van der Waals surface area (Å²) in [5, 5.41) is 15.3. The quantitative estimate of drug-likeness (QED) is 0.296. The van der Waals surface area contributed by atoms with Gasteiger partial charge in [0.05, 0.1) is 41.5 Å². The molecular weight excluding hydrogens is 520 g/mol. The van der Waals surface area contributed by atoms with Crippen LogP contribution in [0.2, 0.25) is 0 Å². The second kappa shape index (κ2) is 11.3. The molecule has 0 saturated carbocycles. The lowest BCUT2D eigenvalue weighted by Crippen LogP contribution is -2.49. The zero-order chi connectivity index (χ0) is 27.6. The zero-order valence-electron chi connectivity index (χ0n) is 21.7. The lowest BCUT2D eigenvalue weighted by molar-refractivity contribution is 0.0207. The molecule has 5 rings (SSSR count). The number of hydrogen-bond donors (Lipinski definition) is 4. The summed E-state index contributed by atoms with van der Waals surface area (Å²) < 4.78 is 29.1. The van der Waals surface area contributed by atoms with Crippen LogP contribution in [0.3, 0.4) is 0 Å². The van der Waals surface area contributed by atoms with Gasteiger partial charge >= 0.3 is 6.03 Å². The third kappa shape index (κ3) is 5.74. The molecule has 1 fully saturated rings. The summed E-state index contributed by atoms with van der Waals surface area (Å²) in [4.78, 5) is 26.4. The Morgan fingerprint density at radius 2 is 2.05 bits per heavy atom. The number of carbonyl (C=O) groups is 2. The molecule has 4 N–H and O–H groups in total. The van der Waals surface area contributed by atoms with Gasteiger partial charge in [-0.3, -0.25) is 15.3 Å². The molecule has 11 nitrogen and oxygen atoms in total. The van der Waals surface area contributed by atoms with Crippen LogP contribution < -0.4 is 16.1 Å². The number of ether oxygens (including phenoxy) is 1. The van der Waals surface area contributed by atoms with E-state index >= 15 is 0 Å². The Labute approximate surface area is 227 Å². The number of sulfone groups is 1. The summed E-state index contributed by atoms with van der Waals surface area (Å²) >= 11 is 0. The zero-order valence-corrected chi connectivity index (χ0v) is 22.6. The molecule has 2 aliphatic carbocycles. The SMILES string of the molecule is C=C(C)S(=O)(=O)CCNCC1C=CC(c2n[nH]c3c2C(=O)c2c(NC(=O)NN4CCOCC4)cccc2-3)=CC1. The first kappa shape index (κ1) is 27.0. The van der Waals surface area contributed by atoms with Crippen LogP contribution in [0.1, 0.15) is 35.0 Å². The van der Waals surface area contributed by atoms with Crippen molar-refractivity contribution in [2.24, 2.45) is 5.92 Å². The van der Waals surface area contributed by atoms with E-state index in [4.69, 9.17) is 4.74 Å². The van der Waals surface area contributed by atoms with Crippen molar-refractivity contribution in [3.8, 4) is 11.3 Å². The Morgan fingerprint density at radius 3 is 2.77 bits per heavy atom. The third-order valence-corrected chi connectivity index (χ3v) is 8.82. The van der Waals surface area contributed by atoms with Crippen LogP contribution in [-0.4, -0.2) is 80.6 Å². The van der Waals surface area contributed by atoms with Crippen molar-refractivity contribution < 1.29 is 22.7 Å². The molecule has 2 amide bonds. The first-order valence-corrected chi connectivity index (χ1v) is 14.5. The fourth-order valence-electron chi connectivity index (χ4n) is 4.83. The molecular formula is C27H32N6O5S. The largest absolute Gasteiger partial charge is 0.379 e. The van der Waals surface area contributed by atoms with E-state index in [-0.39, 0.29) is 22.4 Å². The fourth-order valence-corrected chi connectivity index (χ4v) is 5.59. The molecule has 1 atom stereocenters. The van der Waals surface area contributed by atoms with E-state index in [1.54, 1.807) is 17.1 Å². The number of urea groups is 1. The van der Waals surface area contributed by atoms with Crippen LogP contribution in [0.4, 0.5) is 10.5 Å². The number of anilines is 1. The highest BCUT2D eigenvalue weighted by Crippen LogP contribution is 2.42. The molecule has 1 unspecified atom stereocenters. The predicted octanol–water partition coefficient (Wildman–Crippen LogP) is 2.49. The summed E-state index contributed by atoms with van der Waals surface area (Å²) in [5.74, 6) is 0.0259. The number of morpholine rings is 1. The monoisotopic (exact) mass is 552 g/mol. The maximum absolute atomic E-state index is 13.6. The van der Waals surface area contributed by atoms with Gasteiger partial charge in [-0.15, -0.1) is 0 Å². The minimum Gasteiger partial charge on any atom is -0.379 e. The number of benzene rings is 1. The second-order valence-corrected chi connectivity index (χ2v) is 12.1. The van der Waals surface area contributed by atoms with E-state index in [0.717, 1.165) is 12.0 Å². The number of aromatic nitrogens is 2. The van der Waals surface area contributed by atoms with Gasteiger partial charge in [-0.1, -0.05) is 36.9 Å². The number of allylic oxidation sites excluding steroid dienone is 4. The molecule has 2 aromatic rings. The van der Waals surface area contributed by atoms with Crippen LogP contribution >= 0.6 is 0 Å². The Morgan fingerprint density at radius 1 is 1.26 bits per heavy atom. The number of rotatable bonds is 9. The first-order valence-electron chi connectivity index (χ1n) is 12.9. The molecule has 1 aromatic heterocycles. The molecule has 1 aliphatic heterocycles. The molecule has 39 heavy (non-hydrogen) atoms. The topological polar surface area (TPSA) is 146 Å². The molecule has 206 valence electrons. The molecule has 2 heterocycles. The number of H-pyrrole nitrogens is 1. The summed E-state index contributed by atoms with van der Waals surface area (Å²) in [6.45, 7) is 8.29. The maximum Gasteiger partial charge on any atom is 0.333 e. The van der Waals surface area contributed by atoms with Gasteiger partial charge in [-0.25, -0.2) is 18.2 Å². The maximum atomic E-state index is 13.6. The van der Waals surface area contributed by atoms with Crippen LogP contribution in [0.25, 0.3) is 16.8 Å². The van der Waals surface area contributed by atoms with Crippen molar-refractivity contribution in [3.63, 3.8) is 0 Å². The van der Waals surface area contributed by atoms with E-state index in [9.17, 15) is 18.0 Å². The summed E-state index contributed by atoms with van der Waals surface area (Å²) in [7, 11) is -3.25. The molecule has 0 radical (unpaired) electrons. The van der Waals surface area contributed by atoms with Crippen molar-refractivity contribution in [2.75, 3.05) is 50.5 Å². The van der Waals surface area contributed by atoms with Crippen LogP contribution in [-0.2, 0) is 14.6 Å². The van der Waals surface area contributed by atoms with E-state index < -0.39 is 15.9 Å². The Balaban J connectivity index is 1.23. The van der Waals surface area contributed by atoms with Gasteiger partial charge in [0.1, 0.15) is 5.69 Å². The number of ketones is 1. The number of carbonyl (C=O) groups excluding carboxylic acids is 2. The summed E-state index contributed by atoms with van der Waals surface area (Å²) in [5.41, 5.74) is 6.92. The smallest absolute Gasteiger partial charge is 0.333 e. The molecule has 3 aliphatic rings. The molecule has 0 spiro atoms. The third-order valence-electron chi connectivity index (χ3n) is 7.02. The lowest BCUT2D eigenvalue weighted by atomic mass is 9.93. The van der Waals surface area contributed by atoms with Gasteiger partial charge in [0.25, 0.3) is 0 Å². The average molecular weight is 553 g/mol. The number of aromatic amines is 1. The van der Waals surface area contributed by atoms with E-state index in [2.05, 4.69) is 32.8 Å². The fraction of sp³-hybridized carbons (Fsp3) is 0.370. The number of hydrogen-bond acceptors (Lipinski definition) is 8. The van der Waals surface area contributed by atoms with Crippen molar-refractivity contribution in [1.82, 2.24) is 25.9 Å². The van der Waals surface area contributed by atoms with Crippen molar-refractivity contribution in [3.05, 3.63) is 64.7 Å². The normalized spacial score (nSPS) is 18.8. The first-order chi connectivity index (χ1) is 18.7. The highest BCUT2D eigenvalue weighted by atomic mass is 32.2. The Hall–Kier alpha value is -3.58. The standard InChI is InChI=1S/C27H32N6O5S/c1-17(2)39(36,37)15-10-28-16-18-6-8-19(9-7-18)24-23-25(31-30-24)20-4-3-5-21(22(20)26(23)34)29-27(35)32-33-11-13-38-14-12-33/h3-6,8-9,18,28H,1,7,10-16H2,2H3,(H,30,31)(H2,29,32,35). The van der Waals surface area contributed by atoms with Gasteiger partial charge in [-0.05, 0) is 30.9 Å². The average Bonchev–Trinajstić information content (AvgIpc) is 3.48. The highest BCUT2D eigenvalue weighted by Gasteiger charge is 2.35. The van der Waals surface area contributed by atoms with Crippen molar-refractivity contribution in [1.29, 1.82) is 0 Å². The van der Waals surface area contributed by atoms with Gasteiger partial charge in [0.2, 0.25) is 0 Å². The number of hydrazine groups is 1. The van der Waals surface area contributed by atoms with Gasteiger partial charge in [0, 0.05) is 36.6 Å². The van der Waals surface area contributed by atoms with Gasteiger partial charge in [-0.2, -0.15) is 5.10 Å². The van der Waals surface area contributed by atoms with Crippen molar-refractivity contribution >= 4 is 32.9 Å². The molecule has 12 heteroatoms. The minimum absolute atomic E-state index is 0.0215. The minimum atomic E-state index is -3.25. The van der Waals surface area contributed by atoms with Crippen LogP contribution in [0, 0.1) is 5.92 Å². The molecule has 1 aromatic carbocycles. The van der Waals surface area contributed by atoms with Gasteiger partial charge < -0.3 is 15.4 Å².